The van der Waals surface area contributed by atoms with E-state index in [-0.39, 0.29) is 21.2 Å². The first-order chi connectivity index (χ1) is 11.8. The Kier molecular flexibility index (Phi) is 16.4. The minimum absolute atomic E-state index is 0. The van der Waals surface area contributed by atoms with Gasteiger partial charge in [-0.2, -0.15) is 11.8 Å². The molecule has 2 atom stereocenters. The van der Waals surface area contributed by atoms with E-state index in [1.54, 1.807) is 11.8 Å². The standard InChI is InChI=1S/C15H27N3O4S.C2H6.2H2/c1-10(2)7-13(17-11(3)20)15(22)16-8-14(21)18-12(9-19)5-6-23-4;1-2;;/h9-10,12-13H,5-8H2,1-4H3,(H,16,22)(H,17,20)(H,18,21);1-2H3;2*1H/t12-,13-;;;/m0.../s1. The van der Waals surface area contributed by atoms with Crippen LogP contribution in [0.5, 0.6) is 0 Å². The van der Waals surface area contributed by atoms with Crippen molar-refractivity contribution in [1.82, 2.24) is 16.0 Å². The molecule has 25 heavy (non-hydrogen) atoms. The summed E-state index contributed by atoms with van der Waals surface area (Å²) < 4.78 is 0. The van der Waals surface area contributed by atoms with Crippen molar-refractivity contribution in [3.8, 4) is 0 Å². The predicted molar refractivity (Wildman–Crippen MR) is 107 cm³/mol. The van der Waals surface area contributed by atoms with Crippen molar-refractivity contribution in [2.24, 2.45) is 5.92 Å². The Morgan fingerprint density at radius 3 is 2.20 bits per heavy atom. The lowest BCUT2D eigenvalue weighted by atomic mass is 10.0. The van der Waals surface area contributed by atoms with Gasteiger partial charge in [-0.15, -0.1) is 0 Å². The van der Waals surface area contributed by atoms with Crippen molar-refractivity contribution in [2.75, 3.05) is 18.6 Å². The number of amides is 3. The van der Waals surface area contributed by atoms with Gasteiger partial charge in [0, 0.05) is 9.78 Å². The van der Waals surface area contributed by atoms with E-state index in [2.05, 4.69) is 16.0 Å². The Bertz CT molecular complexity index is 427. The fourth-order valence-corrected chi connectivity index (χ4v) is 2.41. The van der Waals surface area contributed by atoms with Gasteiger partial charge < -0.3 is 20.7 Å². The van der Waals surface area contributed by atoms with Crippen LogP contribution in [0.25, 0.3) is 0 Å². The van der Waals surface area contributed by atoms with Crippen LogP contribution in [0, 0.1) is 5.92 Å². The zero-order valence-electron chi connectivity index (χ0n) is 16.2. The number of aldehydes is 1. The quantitative estimate of drug-likeness (QED) is 0.473. The minimum Gasteiger partial charge on any atom is -0.345 e. The van der Waals surface area contributed by atoms with Gasteiger partial charge in [0.1, 0.15) is 12.3 Å². The van der Waals surface area contributed by atoms with Gasteiger partial charge >= 0.3 is 0 Å². The van der Waals surface area contributed by atoms with Crippen LogP contribution >= 0.6 is 11.8 Å². The fraction of sp³-hybridized carbons (Fsp3) is 0.765. The Balaban J connectivity index is -0.000000637. The lowest BCUT2D eigenvalue weighted by Crippen LogP contribution is -2.50. The summed E-state index contributed by atoms with van der Waals surface area (Å²) in [6, 6.07) is -1.22. The van der Waals surface area contributed by atoms with Crippen LogP contribution in [-0.4, -0.2) is 54.6 Å². The summed E-state index contributed by atoms with van der Waals surface area (Å²) in [5, 5.41) is 7.62. The van der Waals surface area contributed by atoms with Gasteiger partial charge in [0.2, 0.25) is 17.7 Å². The molecular formula is C17H37N3O4S. The lowest BCUT2D eigenvalue weighted by molar-refractivity contribution is -0.130. The summed E-state index contributed by atoms with van der Waals surface area (Å²) in [6.45, 7) is 8.99. The van der Waals surface area contributed by atoms with Crippen LogP contribution in [-0.2, 0) is 19.2 Å². The normalized spacial score (nSPS) is 12.3. The molecule has 0 aliphatic carbocycles. The molecule has 0 bridgehead atoms. The summed E-state index contributed by atoms with van der Waals surface area (Å²) in [4.78, 5) is 45.9. The number of rotatable bonds is 11. The van der Waals surface area contributed by atoms with Crippen molar-refractivity contribution in [1.29, 1.82) is 0 Å². The van der Waals surface area contributed by atoms with Crippen LogP contribution in [0.15, 0.2) is 0 Å². The lowest BCUT2D eigenvalue weighted by Gasteiger charge is -2.19. The summed E-state index contributed by atoms with van der Waals surface area (Å²) in [5.74, 6) is -0.154. The van der Waals surface area contributed by atoms with Crippen molar-refractivity contribution < 1.29 is 22.0 Å². The zero-order valence-corrected chi connectivity index (χ0v) is 17.0. The molecule has 0 rings (SSSR count). The molecule has 0 heterocycles. The summed E-state index contributed by atoms with van der Waals surface area (Å²) in [7, 11) is 0. The van der Waals surface area contributed by atoms with Crippen molar-refractivity contribution in [2.45, 2.75) is 59.5 Å². The number of hydrogen-bond acceptors (Lipinski definition) is 5. The zero-order chi connectivity index (χ0) is 19.8. The predicted octanol–water partition coefficient (Wildman–Crippen LogP) is 1.61. The Morgan fingerprint density at radius 1 is 1.16 bits per heavy atom. The molecule has 0 fully saturated rings. The number of carbonyl (C=O) groups is 4. The van der Waals surface area contributed by atoms with Crippen molar-refractivity contribution in [3.63, 3.8) is 0 Å². The Morgan fingerprint density at radius 2 is 1.76 bits per heavy atom. The van der Waals surface area contributed by atoms with Crippen LogP contribution in [0.3, 0.4) is 0 Å². The van der Waals surface area contributed by atoms with Crippen LogP contribution in [0.2, 0.25) is 0 Å². The van der Waals surface area contributed by atoms with Gasteiger partial charge in [0.25, 0.3) is 0 Å². The molecule has 7 nitrogen and oxygen atoms in total. The molecule has 0 spiro atoms. The topological polar surface area (TPSA) is 104 Å². The number of nitrogens with one attached hydrogen (secondary N) is 3. The molecule has 0 saturated carbocycles. The molecule has 0 aromatic rings. The molecule has 0 aromatic heterocycles. The van der Waals surface area contributed by atoms with Crippen LogP contribution < -0.4 is 16.0 Å². The largest absolute Gasteiger partial charge is 0.345 e. The Labute approximate surface area is 158 Å². The van der Waals surface area contributed by atoms with Gasteiger partial charge in [-0.3, -0.25) is 14.4 Å². The van der Waals surface area contributed by atoms with Gasteiger partial charge in [0.05, 0.1) is 12.6 Å². The average molecular weight is 380 g/mol. The molecule has 0 aliphatic heterocycles. The third-order valence-electron chi connectivity index (χ3n) is 2.97. The van der Waals surface area contributed by atoms with E-state index in [0.717, 1.165) is 5.75 Å². The molecular weight excluding hydrogens is 342 g/mol. The van der Waals surface area contributed by atoms with Crippen LogP contribution in [0.1, 0.15) is 50.3 Å². The van der Waals surface area contributed by atoms with E-state index in [1.807, 2.05) is 34.0 Å². The second-order valence-corrected chi connectivity index (χ2v) is 6.68. The first-order valence-electron chi connectivity index (χ1n) is 8.58. The summed E-state index contributed by atoms with van der Waals surface area (Å²) in [5.41, 5.74) is 0. The highest BCUT2D eigenvalue weighted by molar-refractivity contribution is 7.98. The third-order valence-corrected chi connectivity index (χ3v) is 3.61. The molecule has 0 unspecified atom stereocenters. The molecule has 0 aromatic carbocycles. The molecule has 3 N–H and O–H groups in total. The highest BCUT2D eigenvalue weighted by Crippen LogP contribution is 2.05. The number of hydrogen-bond donors (Lipinski definition) is 3. The van der Waals surface area contributed by atoms with E-state index in [0.29, 0.717) is 19.1 Å². The average Bonchev–Trinajstić information content (AvgIpc) is 2.56. The monoisotopic (exact) mass is 379 g/mol. The van der Waals surface area contributed by atoms with Crippen molar-refractivity contribution in [3.05, 3.63) is 0 Å². The molecule has 3 amide bonds. The van der Waals surface area contributed by atoms with Gasteiger partial charge in [0.15, 0.2) is 0 Å². The molecule has 0 saturated heterocycles. The smallest absolute Gasteiger partial charge is 0.243 e. The maximum Gasteiger partial charge on any atom is 0.243 e. The SMILES string of the molecule is CC.CSCC[C@@H](C=O)NC(=O)CNC(=O)[C@H](CC(C)C)NC(C)=O.[HH].[HH]. The fourth-order valence-electron chi connectivity index (χ4n) is 1.92. The van der Waals surface area contributed by atoms with Crippen LogP contribution in [0.4, 0.5) is 0 Å². The maximum atomic E-state index is 12.1. The molecule has 150 valence electrons. The van der Waals surface area contributed by atoms with E-state index >= 15 is 0 Å². The van der Waals surface area contributed by atoms with E-state index in [9.17, 15) is 19.2 Å². The highest BCUT2D eigenvalue weighted by atomic mass is 32.2. The van der Waals surface area contributed by atoms with E-state index in [4.69, 9.17) is 0 Å². The van der Waals surface area contributed by atoms with E-state index < -0.39 is 23.9 Å². The second kappa shape index (κ2) is 15.9. The third kappa shape index (κ3) is 14.5. The van der Waals surface area contributed by atoms with E-state index in [1.165, 1.54) is 6.92 Å². The molecule has 8 heteroatoms. The van der Waals surface area contributed by atoms with Gasteiger partial charge in [-0.1, -0.05) is 27.7 Å². The molecule has 0 radical (unpaired) electrons. The first kappa shape index (κ1) is 25.7. The molecule has 0 aliphatic rings. The Hall–Kier alpha value is -1.57. The van der Waals surface area contributed by atoms with Gasteiger partial charge in [-0.05, 0) is 30.8 Å². The second-order valence-electron chi connectivity index (χ2n) is 5.69. The maximum absolute atomic E-state index is 12.1. The number of thioether (sulfide) groups is 1. The first-order valence-corrected chi connectivity index (χ1v) is 9.97. The summed E-state index contributed by atoms with van der Waals surface area (Å²) >= 11 is 1.59. The minimum atomic E-state index is -0.668. The van der Waals surface area contributed by atoms with Gasteiger partial charge in [-0.25, -0.2) is 0 Å². The summed E-state index contributed by atoms with van der Waals surface area (Å²) in [6.07, 6.45) is 3.64. The highest BCUT2D eigenvalue weighted by Gasteiger charge is 2.21. The van der Waals surface area contributed by atoms with Crippen molar-refractivity contribution >= 4 is 35.8 Å². The number of carbonyl (C=O) groups excluding carboxylic acids is 4.